The molecule has 1 atom stereocenters. The largest absolute Gasteiger partial charge is 0.523 e. The van der Waals surface area contributed by atoms with Gasteiger partial charge in [0, 0.05) is 0 Å². The van der Waals surface area contributed by atoms with Gasteiger partial charge in [-0.2, -0.15) is 21.6 Å². The highest BCUT2D eigenvalue weighted by Gasteiger charge is 2.47. The Bertz CT molecular complexity index is 311. The van der Waals surface area contributed by atoms with Crippen molar-refractivity contribution in [1.82, 2.24) is 0 Å². The van der Waals surface area contributed by atoms with E-state index >= 15 is 0 Å². The normalized spacial score (nSPS) is 15.8. The van der Waals surface area contributed by atoms with Crippen molar-refractivity contribution in [3.63, 3.8) is 0 Å². The number of hydrogen-bond acceptors (Lipinski definition) is 4. The number of hydrogen-bond donors (Lipinski definition) is 1. The Morgan fingerprint density at radius 2 is 2.00 bits per heavy atom. The molecule has 0 rings (SSSR count). The van der Waals surface area contributed by atoms with Crippen LogP contribution in [0.25, 0.3) is 0 Å². The summed E-state index contributed by atoms with van der Waals surface area (Å²) in [6.07, 6.45) is 0.207. The van der Waals surface area contributed by atoms with Crippen LogP contribution in [0.1, 0.15) is 6.42 Å². The van der Waals surface area contributed by atoms with Crippen LogP contribution in [0.2, 0.25) is 0 Å². The van der Waals surface area contributed by atoms with Crippen LogP contribution in [0.4, 0.5) is 13.2 Å². The molecule has 0 aliphatic heterocycles. The first-order chi connectivity index (χ1) is 6.70. The highest BCUT2D eigenvalue weighted by molar-refractivity contribution is 14.1. The molecule has 0 spiro atoms. The molecule has 0 saturated heterocycles. The molecule has 0 aliphatic rings. The molecule has 0 aromatic heterocycles. The monoisotopic (exact) mass is 360 g/mol. The van der Waals surface area contributed by atoms with Crippen LogP contribution in [0, 0.1) is 0 Å². The highest BCUT2D eigenvalue weighted by atomic mass is 127. The first-order valence-corrected chi connectivity index (χ1v) is 6.25. The first kappa shape index (κ1) is 15.1. The minimum atomic E-state index is -5.60. The molecule has 0 saturated carbocycles. The van der Waals surface area contributed by atoms with Gasteiger partial charge in [0.25, 0.3) is 0 Å². The van der Waals surface area contributed by atoms with E-state index in [0.717, 1.165) is 0 Å². The summed E-state index contributed by atoms with van der Waals surface area (Å²) in [5.74, 6) is 0. The Morgan fingerprint density at radius 3 is 2.40 bits per heavy atom. The van der Waals surface area contributed by atoms with Gasteiger partial charge in [-0.15, -0.1) is 0 Å². The smallest absolute Gasteiger partial charge is 0.390 e. The van der Waals surface area contributed by atoms with Crippen LogP contribution >= 0.6 is 22.6 Å². The van der Waals surface area contributed by atoms with Crippen LogP contribution in [0.5, 0.6) is 0 Å². The Hall–Kier alpha value is 0.130. The lowest BCUT2D eigenvalue weighted by Gasteiger charge is -2.10. The summed E-state index contributed by atoms with van der Waals surface area (Å²) in [5, 5.41) is 9.00. The Balaban J connectivity index is 4.17. The predicted octanol–water partition coefficient (Wildman–Crippen LogP) is 1.55. The van der Waals surface area contributed by atoms with Gasteiger partial charge in [0.05, 0.1) is 12.7 Å². The summed E-state index contributed by atoms with van der Waals surface area (Å²) in [6.45, 7) is -0.914. The zero-order valence-corrected chi connectivity index (χ0v) is 10.2. The standard InChI is InChI=1S/C6H8F3IO4S/c7-6(8,9)15(12,13)14-4-5(11)2-1-3-10/h1,3,5,11H,2,4H2/b3-1+/t5-/m1/s1. The molecule has 9 heteroatoms. The minimum absolute atomic E-state index is 0.0241. The topological polar surface area (TPSA) is 63.6 Å². The molecule has 0 aromatic carbocycles. The van der Waals surface area contributed by atoms with Gasteiger partial charge in [0.2, 0.25) is 0 Å². The van der Waals surface area contributed by atoms with Crippen molar-refractivity contribution in [2.24, 2.45) is 0 Å². The number of rotatable bonds is 5. The molecule has 0 fully saturated rings. The maximum absolute atomic E-state index is 11.7. The lowest BCUT2D eigenvalue weighted by atomic mass is 10.3. The molecule has 0 bridgehead atoms. The van der Waals surface area contributed by atoms with E-state index in [1.54, 1.807) is 4.08 Å². The van der Waals surface area contributed by atoms with E-state index in [9.17, 15) is 21.6 Å². The number of aliphatic hydroxyl groups is 1. The van der Waals surface area contributed by atoms with E-state index < -0.39 is 28.3 Å². The highest BCUT2D eigenvalue weighted by Crippen LogP contribution is 2.24. The lowest BCUT2D eigenvalue weighted by molar-refractivity contribution is -0.0563. The van der Waals surface area contributed by atoms with Gasteiger partial charge < -0.3 is 5.11 Å². The van der Waals surface area contributed by atoms with Crippen molar-refractivity contribution in [3.8, 4) is 0 Å². The molecule has 0 heterocycles. The van der Waals surface area contributed by atoms with Crippen molar-refractivity contribution in [2.45, 2.75) is 18.0 Å². The third-order valence-electron chi connectivity index (χ3n) is 1.20. The average molecular weight is 360 g/mol. The van der Waals surface area contributed by atoms with E-state index in [1.165, 1.54) is 6.08 Å². The van der Waals surface area contributed by atoms with Crippen molar-refractivity contribution < 1.29 is 30.9 Å². The maximum atomic E-state index is 11.7. The van der Waals surface area contributed by atoms with E-state index in [1.807, 2.05) is 22.6 Å². The maximum Gasteiger partial charge on any atom is 0.523 e. The van der Waals surface area contributed by atoms with Crippen molar-refractivity contribution in [3.05, 3.63) is 10.2 Å². The number of halogens is 4. The Labute approximate surface area is 98.4 Å². The number of alkyl halides is 3. The van der Waals surface area contributed by atoms with Crippen LogP contribution < -0.4 is 0 Å². The van der Waals surface area contributed by atoms with Crippen molar-refractivity contribution >= 4 is 32.7 Å². The van der Waals surface area contributed by atoms with Crippen LogP contribution in [-0.4, -0.2) is 31.7 Å². The zero-order valence-electron chi connectivity index (χ0n) is 7.24. The summed E-state index contributed by atoms with van der Waals surface area (Å²) in [4.78, 5) is 0. The second-order valence-electron chi connectivity index (χ2n) is 2.44. The predicted molar refractivity (Wildman–Crippen MR) is 54.7 cm³/mol. The van der Waals surface area contributed by atoms with Gasteiger partial charge in [-0.3, -0.25) is 4.18 Å². The fourth-order valence-electron chi connectivity index (χ4n) is 0.511. The Kier molecular flexibility index (Phi) is 6.06. The molecule has 4 nitrogen and oxygen atoms in total. The van der Waals surface area contributed by atoms with Gasteiger partial charge in [0.1, 0.15) is 0 Å². The van der Waals surface area contributed by atoms with Crippen LogP contribution in [0.3, 0.4) is 0 Å². The summed E-state index contributed by atoms with van der Waals surface area (Å²) < 4.78 is 61.0. The second kappa shape index (κ2) is 6.01. The fraction of sp³-hybridized carbons (Fsp3) is 0.667. The fourth-order valence-corrected chi connectivity index (χ4v) is 1.27. The van der Waals surface area contributed by atoms with Crippen LogP contribution in [-0.2, 0) is 14.3 Å². The van der Waals surface area contributed by atoms with E-state index in [0.29, 0.717) is 0 Å². The van der Waals surface area contributed by atoms with Crippen molar-refractivity contribution in [1.29, 1.82) is 0 Å². The van der Waals surface area contributed by atoms with Gasteiger partial charge in [-0.05, 0) is 10.5 Å². The van der Waals surface area contributed by atoms with Gasteiger partial charge >= 0.3 is 15.6 Å². The zero-order chi connectivity index (χ0) is 12.1. The number of aliphatic hydroxyl groups excluding tert-OH is 1. The molecule has 1 N–H and O–H groups in total. The van der Waals surface area contributed by atoms with E-state index in [-0.39, 0.29) is 6.42 Å². The van der Waals surface area contributed by atoms with Crippen molar-refractivity contribution in [2.75, 3.05) is 6.61 Å². The molecule has 15 heavy (non-hydrogen) atoms. The van der Waals surface area contributed by atoms with E-state index in [2.05, 4.69) is 4.18 Å². The summed E-state index contributed by atoms with van der Waals surface area (Å²) in [6, 6.07) is 0. The third-order valence-corrected chi connectivity index (χ3v) is 2.72. The summed E-state index contributed by atoms with van der Waals surface area (Å²) >= 11 is 1.85. The molecular weight excluding hydrogens is 352 g/mol. The molecular formula is C6H8F3IO4S. The van der Waals surface area contributed by atoms with Gasteiger partial charge in [0.15, 0.2) is 0 Å². The molecule has 0 unspecified atom stereocenters. The second-order valence-corrected chi connectivity index (χ2v) is 4.76. The SMILES string of the molecule is O=S(=O)(OC[C@H](O)C/C=C/I)C(F)(F)F. The first-order valence-electron chi connectivity index (χ1n) is 3.59. The lowest BCUT2D eigenvalue weighted by Crippen LogP contribution is -2.28. The molecule has 0 aliphatic carbocycles. The molecule has 90 valence electrons. The van der Waals surface area contributed by atoms with E-state index in [4.69, 9.17) is 5.11 Å². The molecule has 0 amide bonds. The van der Waals surface area contributed by atoms with Crippen LogP contribution in [0.15, 0.2) is 10.2 Å². The van der Waals surface area contributed by atoms with Gasteiger partial charge in [-0.25, -0.2) is 0 Å². The Morgan fingerprint density at radius 1 is 1.47 bits per heavy atom. The minimum Gasteiger partial charge on any atom is -0.390 e. The average Bonchev–Trinajstić information content (AvgIpc) is 2.09. The third kappa shape index (κ3) is 5.68. The molecule has 0 aromatic rings. The molecule has 0 radical (unpaired) electrons. The summed E-state index contributed by atoms with van der Waals surface area (Å²) in [7, 11) is -5.60. The quantitative estimate of drug-likeness (QED) is 0.459. The summed E-state index contributed by atoms with van der Waals surface area (Å²) in [5.41, 5.74) is -5.45. The van der Waals surface area contributed by atoms with Gasteiger partial charge in [-0.1, -0.05) is 28.7 Å².